The van der Waals surface area contributed by atoms with E-state index in [9.17, 15) is 9.59 Å². The maximum absolute atomic E-state index is 12.6. The van der Waals surface area contributed by atoms with Gasteiger partial charge in [0, 0.05) is 147 Å². The van der Waals surface area contributed by atoms with Crippen molar-refractivity contribution in [1.29, 1.82) is 0 Å². The summed E-state index contributed by atoms with van der Waals surface area (Å²) in [6.45, 7) is 22.7. The standard InChI is InChI=1S/C48H64N12O4S2/c1-47(2,3)43-51-35(33-9-10-33)31-37(53-43)59-25-21-57(22-26-59)19-7-29-65-45-49-17-15-39(55-45)63-41(61)13-14-42(62)64-40-16-18-50-46(56-40)66-30-8-20-58-23-27-60(28-24-58)38-32-36(34-11-12-34)52-44(54-38)48(4,5)6/h13-18,31-34H,7-12,19-30H2,1-6H3/b14-13+. The first kappa shape index (κ1) is 47.7. The molecular weight excluding hydrogens is 873 g/mol. The van der Waals surface area contributed by atoms with Gasteiger partial charge < -0.3 is 19.3 Å². The van der Waals surface area contributed by atoms with Crippen molar-refractivity contribution in [3.63, 3.8) is 0 Å². The van der Waals surface area contributed by atoms with E-state index >= 15 is 0 Å². The van der Waals surface area contributed by atoms with E-state index in [-0.39, 0.29) is 22.6 Å². The summed E-state index contributed by atoms with van der Waals surface area (Å²) in [6, 6.07) is 7.45. The number of thioether (sulfide) groups is 2. The molecule has 0 amide bonds. The molecule has 2 saturated carbocycles. The van der Waals surface area contributed by atoms with Gasteiger partial charge in [0.15, 0.2) is 10.3 Å². The minimum absolute atomic E-state index is 0.0841. The number of carbonyl (C=O) groups is 2. The lowest BCUT2D eigenvalue weighted by Crippen LogP contribution is -2.47. The number of ether oxygens (including phenoxy) is 2. The van der Waals surface area contributed by atoms with Crippen LogP contribution in [0.1, 0.15) is 115 Å². The molecule has 2 aliphatic heterocycles. The Morgan fingerprint density at radius 2 is 0.985 bits per heavy atom. The summed E-state index contributed by atoms with van der Waals surface area (Å²) in [5, 5.41) is 1.04. The second-order valence-corrected chi connectivity index (χ2v) is 21.7. The fraction of sp³-hybridized carbons (Fsp3) is 0.583. The van der Waals surface area contributed by atoms with E-state index in [1.807, 2.05) is 0 Å². The number of anilines is 2. The number of hydrogen-bond donors (Lipinski definition) is 0. The van der Waals surface area contributed by atoms with E-state index in [1.165, 1.54) is 72.7 Å². The largest absolute Gasteiger partial charge is 0.404 e. The van der Waals surface area contributed by atoms with Gasteiger partial charge in [-0.2, -0.15) is 9.97 Å². The molecule has 66 heavy (non-hydrogen) atoms. The molecule has 0 N–H and O–H groups in total. The van der Waals surface area contributed by atoms with Crippen LogP contribution in [-0.2, 0) is 20.4 Å². The maximum Gasteiger partial charge on any atom is 0.337 e. The average Bonchev–Trinajstić information content (AvgIpc) is 4.24. The molecule has 2 saturated heterocycles. The molecule has 6 heterocycles. The second-order valence-electron chi connectivity index (χ2n) is 19.6. The highest BCUT2D eigenvalue weighted by Crippen LogP contribution is 2.42. The van der Waals surface area contributed by atoms with Crippen molar-refractivity contribution >= 4 is 47.1 Å². The van der Waals surface area contributed by atoms with Gasteiger partial charge in [0.25, 0.3) is 0 Å². The van der Waals surface area contributed by atoms with Crippen LogP contribution in [0.3, 0.4) is 0 Å². The van der Waals surface area contributed by atoms with Gasteiger partial charge in [-0.15, -0.1) is 0 Å². The molecule has 4 aliphatic rings. The summed E-state index contributed by atoms with van der Waals surface area (Å²) in [6.07, 6.45) is 12.0. The van der Waals surface area contributed by atoms with Gasteiger partial charge in [0.1, 0.15) is 23.3 Å². The summed E-state index contributed by atoms with van der Waals surface area (Å²) in [5.74, 6) is 5.51. The maximum atomic E-state index is 12.6. The van der Waals surface area contributed by atoms with Gasteiger partial charge in [0.2, 0.25) is 11.8 Å². The van der Waals surface area contributed by atoms with Crippen molar-refractivity contribution in [3.05, 3.63) is 71.8 Å². The van der Waals surface area contributed by atoms with Crippen molar-refractivity contribution in [1.82, 2.24) is 49.7 Å². The Bertz CT molecular complexity index is 2170. The molecule has 352 valence electrons. The molecular formula is C48H64N12O4S2. The first-order valence-electron chi connectivity index (χ1n) is 23.5. The Kier molecular flexibility index (Phi) is 15.5. The number of aromatic nitrogens is 8. The predicted octanol–water partition coefficient (Wildman–Crippen LogP) is 6.87. The summed E-state index contributed by atoms with van der Waals surface area (Å²) in [7, 11) is 0. The first-order valence-corrected chi connectivity index (χ1v) is 25.5. The van der Waals surface area contributed by atoms with Crippen LogP contribution in [-0.4, -0.2) is 139 Å². The van der Waals surface area contributed by atoms with E-state index in [1.54, 1.807) is 12.4 Å². The average molecular weight is 937 g/mol. The molecule has 8 rings (SSSR count). The molecule has 0 bridgehead atoms. The zero-order chi connectivity index (χ0) is 46.3. The molecule has 4 fully saturated rings. The third kappa shape index (κ3) is 13.9. The zero-order valence-corrected chi connectivity index (χ0v) is 41.0. The third-order valence-corrected chi connectivity index (χ3v) is 13.8. The van der Waals surface area contributed by atoms with E-state index in [0.29, 0.717) is 22.1 Å². The SMILES string of the molecule is CC(C)(C)c1nc(C2CC2)cc(N2CCN(CCCSc3nccc(OC(=O)/C=C/C(=O)Oc4ccnc(SCCCN5CCN(c6cc(C7CC7)nc(C(C)(C)C)n6)CC5)n4)n3)CC2)n1. The quantitative estimate of drug-likeness (QED) is 0.0333. The normalized spacial score (nSPS) is 17.7. The lowest BCUT2D eigenvalue weighted by molar-refractivity contribution is -0.131. The van der Waals surface area contributed by atoms with Crippen molar-refractivity contribution in [2.45, 2.75) is 113 Å². The van der Waals surface area contributed by atoms with Gasteiger partial charge >= 0.3 is 11.9 Å². The lowest BCUT2D eigenvalue weighted by Gasteiger charge is -2.36. The van der Waals surface area contributed by atoms with Gasteiger partial charge in [-0.25, -0.2) is 39.5 Å². The molecule has 18 heteroatoms. The highest BCUT2D eigenvalue weighted by Gasteiger charge is 2.31. The summed E-state index contributed by atoms with van der Waals surface area (Å²) in [4.78, 5) is 72.2. The molecule has 4 aromatic rings. The molecule has 16 nitrogen and oxygen atoms in total. The molecule has 2 aliphatic carbocycles. The Labute approximate surface area is 397 Å². The first-order chi connectivity index (χ1) is 31.7. The van der Waals surface area contributed by atoms with Crippen molar-refractivity contribution < 1.29 is 19.1 Å². The summed E-state index contributed by atoms with van der Waals surface area (Å²) >= 11 is 3.03. The van der Waals surface area contributed by atoms with Crippen LogP contribution in [0.25, 0.3) is 0 Å². The van der Waals surface area contributed by atoms with Crippen molar-refractivity contribution in [2.75, 3.05) is 86.8 Å². The number of piperazine rings is 2. The minimum atomic E-state index is -0.757. The van der Waals surface area contributed by atoms with Gasteiger partial charge in [-0.3, -0.25) is 9.80 Å². The Morgan fingerprint density at radius 1 is 0.591 bits per heavy atom. The number of nitrogens with zero attached hydrogens (tertiary/aromatic N) is 12. The van der Waals surface area contributed by atoms with Crippen LogP contribution in [0.5, 0.6) is 11.8 Å². The summed E-state index contributed by atoms with van der Waals surface area (Å²) in [5.41, 5.74) is 2.23. The number of esters is 2. The number of carbonyl (C=O) groups excluding carboxylic acids is 2. The van der Waals surface area contributed by atoms with Crippen LogP contribution < -0.4 is 19.3 Å². The molecule has 0 radical (unpaired) electrons. The van der Waals surface area contributed by atoms with Crippen LogP contribution >= 0.6 is 23.5 Å². The van der Waals surface area contributed by atoms with E-state index in [4.69, 9.17) is 29.4 Å². The topological polar surface area (TPSA) is 169 Å². The highest BCUT2D eigenvalue weighted by atomic mass is 32.2. The Balaban J connectivity index is 0.701. The van der Waals surface area contributed by atoms with Gasteiger partial charge in [-0.05, 0) is 51.6 Å². The minimum Gasteiger partial charge on any atom is -0.404 e. The fourth-order valence-corrected chi connectivity index (χ4v) is 9.19. The summed E-state index contributed by atoms with van der Waals surface area (Å²) < 4.78 is 10.7. The highest BCUT2D eigenvalue weighted by molar-refractivity contribution is 7.99. The third-order valence-electron chi connectivity index (χ3n) is 11.9. The van der Waals surface area contributed by atoms with Crippen LogP contribution in [0, 0.1) is 0 Å². The number of hydrogen-bond acceptors (Lipinski definition) is 18. The van der Waals surface area contributed by atoms with E-state index < -0.39 is 11.9 Å². The smallest absolute Gasteiger partial charge is 0.337 e. The molecule has 0 spiro atoms. The van der Waals surface area contributed by atoms with E-state index in [0.717, 1.165) is 125 Å². The lowest BCUT2D eigenvalue weighted by atomic mass is 9.95. The Morgan fingerprint density at radius 3 is 1.35 bits per heavy atom. The molecule has 4 aromatic heterocycles. The van der Waals surface area contributed by atoms with Crippen molar-refractivity contribution in [2.24, 2.45) is 0 Å². The van der Waals surface area contributed by atoms with E-state index in [2.05, 4.69) is 93.2 Å². The van der Waals surface area contributed by atoms with Crippen LogP contribution in [0.15, 0.2) is 59.1 Å². The van der Waals surface area contributed by atoms with Crippen molar-refractivity contribution in [3.8, 4) is 11.8 Å². The van der Waals surface area contributed by atoms with Gasteiger partial charge in [0.05, 0.1) is 0 Å². The zero-order valence-electron chi connectivity index (χ0n) is 39.3. The Hall–Kier alpha value is -4.78. The molecule has 0 aromatic carbocycles. The molecule has 0 atom stereocenters. The number of rotatable bonds is 18. The van der Waals surface area contributed by atoms with Crippen LogP contribution in [0.2, 0.25) is 0 Å². The molecule has 0 unspecified atom stereocenters. The second kappa shape index (κ2) is 21.5. The monoisotopic (exact) mass is 936 g/mol. The fourth-order valence-electron chi connectivity index (χ4n) is 7.69. The van der Waals surface area contributed by atoms with Gasteiger partial charge in [-0.1, -0.05) is 65.1 Å². The predicted molar refractivity (Wildman–Crippen MR) is 258 cm³/mol. The van der Waals surface area contributed by atoms with Crippen LogP contribution in [0.4, 0.5) is 11.6 Å².